The number of hydrogen-bond acceptors (Lipinski definition) is 5. The fourth-order valence-electron chi connectivity index (χ4n) is 1.75. The normalized spacial score (nSPS) is 10.3. The number of nitrogens with zero attached hydrogens (tertiary/aromatic N) is 2. The summed E-state index contributed by atoms with van der Waals surface area (Å²) in [7, 11) is 0. The molecule has 7 heteroatoms. The Kier molecular flexibility index (Phi) is 3.79. The van der Waals surface area contributed by atoms with Gasteiger partial charge in [0.15, 0.2) is 0 Å². The van der Waals surface area contributed by atoms with Gasteiger partial charge in [-0.1, -0.05) is 24.2 Å². The fraction of sp³-hybridized carbons (Fsp3) is 0.231. The highest BCUT2D eigenvalue weighted by molar-refractivity contribution is 6.05. The van der Waals surface area contributed by atoms with Crippen molar-refractivity contribution < 1.29 is 14.2 Å². The minimum Gasteiger partial charge on any atom is -0.353 e. The van der Waals surface area contributed by atoms with Crippen molar-refractivity contribution in [1.29, 1.82) is 0 Å². The number of benzene rings is 1. The SMILES string of the molecule is CCc1ccc(NC(=O)c2noc(C)c2[N+](=O)[O-])cc1. The van der Waals surface area contributed by atoms with Gasteiger partial charge in [-0.2, -0.15) is 0 Å². The molecule has 0 aliphatic rings. The van der Waals surface area contributed by atoms with Crippen molar-refractivity contribution in [2.45, 2.75) is 20.3 Å². The molecule has 0 bridgehead atoms. The molecule has 0 saturated carbocycles. The van der Waals surface area contributed by atoms with E-state index >= 15 is 0 Å². The zero-order valence-electron chi connectivity index (χ0n) is 11.0. The Hall–Kier alpha value is -2.70. The van der Waals surface area contributed by atoms with Crippen molar-refractivity contribution >= 4 is 17.3 Å². The van der Waals surface area contributed by atoms with Crippen LogP contribution in [0.3, 0.4) is 0 Å². The molecule has 1 N–H and O–H groups in total. The first kappa shape index (κ1) is 13.7. The summed E-state index contributed by atoms with van der Waals surface area (Å²) in [4.78, 5) is 22.2. The van der Waals surface area contributed by atoms with E-state index < -0.39 is 16.5 Å². The first-order valence-electron chi connectivity index (χ1n) is 6.04. The maximum Gasteiger partial charge on any atom is 0.344 e. The van der Waals surface area contributed by atoms with Crippen LogP contribution in [0.2, 0.25) is 0 Å². The highest BCUT2D eigenvalue weighted by Gasteiger charge is 2.29. The molecule has 2 rings (SSSR count). The number of aromatic nitrogens is 1. The molecule has 1 amide bonds. The van der Waals surface area contributed by atoms with E-state index in [0.29, 0.717) is 5.69 Å². The van der Waals surface area contributed by atoms with Crippen molar-refractivity contribution in [3.63, 3.8) is 0 Å². The summed E-state index contributed by atoms with van der Waals surface area (Å²) in [6.07, 6.45) is 0.891. The van der Waals surface area contributed by atoms with Crippen LogP contribution in [-0.2, 0) is 6.42 Å². The first-order chi connectivity index (χ1) is 9.52. The lowest BCUT2D eigenvalue weighted by molar-refractivity contribution is -0.386. The van der Waals surface area contributed by atoms with E-state index in [2.05, 4.69) is 10.5 Å². The number of hydrogen-bond donors (Lipinski definition) is 1. The number of aryl methyl sites for hydroxylation is 2. The summed E-state index contributed by atoms with van der Waals surface area (Å²) < 4.78 is 4.70. The number of anilines is 1. The van der Waals surface area contributed by atoms with E-state index in [1.54, 1.807) is 12.1 Å². The summed E-state index contributed by atoms with van der Waals surface area (Å²) >= 11 is 0. The Morgan fingerprint density at radius 2 is 2.05 bits per heavy atom. The quantitative estimate of drug-likeness (QED) is 0.683. The molecule has 0 aliphatic heterocycles. The third-order valence-corrected chi connectivity index (χ3v) is 2.85. The lowest BCUT2D eigenvalue weighted by Gasteiger charge is -2.03. The van der Waals surface area contributed by atoms with Gasteiger partial charge in [0.2, 0.25) is 11.5 Å². The van der Waals surface area contributed by atoms with Crippen LogP contribution in [0.4, 0.5) is 11.4 Å². The van der Waals surface area contributed by atoms with Crippen LogP contribution in [-0.4, -0.2) is 16.0 Å². The van der Waals surface area contributed by atoms with E-state index in [1.807, 2.05) is 19.1 Å². The summed E-state index contributed by atoms with van der Waals surface area (Å²) in [5, 5.41) is 16.9. The Balaban J connectivity index is 2.21. The summed E-state index contributed by atoms with van der Waals surface area (Å²) in [5.41, 5.74) is 0.938. The van der Waals surface area contributed by atoms with Gasteiger partial charge >= 0.3 is 5.69 Å². The number of carbonyl (C=O) groups is 1. The molecule has 0 aliphatic carbocycles. The minimum atomic E-state index is -0.680. The van der Waals surface area contributed by atoms with Crippen LogP contribution in [0.25, 0.3) is 0 Å². The van der Waals surface area contributed by atoms with Gasteiger partial charge in [-0.05, 0) is 24.1 Å². The van der Waals surface area contributed by atoms with Crippen LogP contribution in [0.1, 0.15) is 28.7 Å². The summed E-state index contributed by atoms with van der Waals surface area (Å²) in [6, 6.07) is 7.21. The van der Waals surface area contributed by atoms with Gasteiger partial charge in [0, 0.05) is 12.6 Å². The van der Waals surface area contributed by atoms with Crippen molar-refractivity contribution in [3.8, 4) is 0 Å². The topological polar surface area (TPSA) is 98.3 Å². The highest BCUT2D eigenvalue weighted by Crippen LogP contribution is 2.23. The zero-order valence-corrected chi connectivity index (χ0v) is 11.0. The lowest BCUT2D eigenvalue weighted by Crippen LogP contribution is -2.14. The third-order valence-electron chi connectivity index (χ3n) is 2.85. The second-order valence-corrected chi connectivity index (χ2v) is 4.20. The molecule has 0 radical (unpaired) electrons. The molecule has 0 saturated heterocycles. The van der Waals surface area contributed by atoms with Gasteiger partial charge < -0.3 is 9.84 Å². The molecule has 104 valence electrons. The van der Waals surface area contributed by atoms with Crippen LogP contribution in [0.15, 0.2) is 28.8 Å². The molecule has 20 heavy (non-hydrogen) atoms. The van der Waals surface area contributed by atoms with E-state index in [-0.39, 0.29) is 11.5 Å². The number of nitrogens with one attached hydrogen (secondary N) is 1. The van der Waals surface area contributed by atoms with Gasteiger partial charge in [-0.15, -0.1) is 0 Å². The largest absolute Gasteiger partial charge is 0.353 e. The number of nitro groups is 1. The molecular formula is C13H13N3O4. The Labute approximate surface area is 114 Å². The van der Waals surface area contributed by atoms with Crippen LogP contribution in [0, 0.1) is 17.0 Å². The third kappa shape index (κ3) is 2.66. The van der Waals surface area contributed by atoms with E-state index in [4.69, 9.17) is 4.52 Å². The Morgan fingerprint density at radius 3 is 2.60 bits per heavy atom. The number of carbonyl (C=O) groups excluding carboxylic acids is 1. The molecule has 0 fully saturated rings. The van der Waals surface area contributed by atoms with Crippen LogP contribution in [0.5, 0.6) is 0 Å². The van der Waals surface area contributed by atoms with E-state index in [1.165, 1.54) is 6.92 Å². The predicted molar refractivity (Wildman–Crippen MR) is 71.7 cm³/mol. The molecule has 2 aromatic rings. The fourth-order valence-corrected chi connectivity index (χ4v) is 1.75. The minimum absolute atomic E-state index is 0.00137. The van der Waals surface area contributed by atoms with Gasteiger partial charge in [-0.3, -0.25) is 14.9 Å². The van der Waals surface area contributed by atoms with Crippen molar-refractivity contribution in [1.82, 2.24) is 5.16 Å². The predicted octanol–water partition coefficient (Wildman–Crippen LogP) is 2.71. The molecule has 1 aromatic heterocycles. The molecule has 0 atom stereocenters. The second-order valence-electron chi connectivity index (χ2n) is 4.20. The molecule has 0 spiro atoms. The van der Waals surface area contributed by atoms with Crippen molar-refractivity contribution in [2.75, 3.05) is 5.32 Å². The lowest BCUT2D eigenvalue weighted by atomic mass is 10.1. The second kappa shape index (κ2) is 5.52. The molecule has 1 aromatic carbocycles. The van der Waals surface area contributed by atoms with Gasteiger partial charge in [-0.25, -0.2) is 0 Å². The van der Waals surface area contributed by atoms with Crippen molar-refractivity contribution in [3.05, 3.63) is 51.4 Å². The number of rotatable bonds is 4. The maximum absolute atomic E-state index is 12.0. The van der Waals surface area contributed by atoms with Gasteiger partial charge in [0.1, 0.15) is 0 Å². The Bertz CT molecular complexity index is 646. The summed E-state index contributed by atoms with van der Waals surface area (Å²) in [6.45, 7) is 3.41. The van der Waals surface area contributed by atoms with Crippen molar-refractivity contribution in [2.24, 2.45) is 0 Å². The zero-order chi connectivity index (χ0) is 14.7. The smallest absolute Gasteiger partial charge is 0.344 e. The Morgan fingerprint density at radius 1 is 1.40 bits per heavy atom. The molecule has 0 unspecified atom stereocenters. The van der Waals surface area contributed by atoms with Crippen LogP contribution < -0.4 is 5.32 Å². The average molecular weight is 275 g/mol. The van der Waals surface area contributed by atoms with Crippen LogP contribution >= 0.6 is 0 Å². The van der Waals surface area contributed by atoms with E-state index in [0.717, 1.165) is 12.0 Å². The standard InChI is InChI=1S/C13H13N3O4/c1-3-9-4-6-10(7-5-9)14-13(17)11-12(16(18)19)8(2)20-15-11/h4-7H,3H2,1-2H3,(H,14,17). The molecule has 7 nitrogen and oxygen atoms in total. The maximum atomic E-state index is 12.0. The van der Waals surface area contributed by atoms with E-state index in [9.17, 15) is 14.9 Å². The van der Waals surface area contributed by atoms with Gasteiger partial charge in [0.25, 0.3) is 5.91 Å². The van der Waals surface area contributed by atoms with Gasteiger partial charge in [0.05, 0.1) is 4.92 Å². The molecular weight excluding hydrogens is 262 g/mol. The first-order valence-corrected chi connectivity index (χ1v) is 6.04. The molecule has 1 heterocycles. The monoisotopic (exact) mass is 275 g/mol. The number of amides is 1. The highest BCUT2D eigenvalue weighted by atomic mass is 16.6. The average Bonchev–Trinajstić information content (AvgIpc) is 2.81. The summed E-state index contributed by atoms with van der Waals surface area (Å²) in [5.74, 6) is -0.667.